The third kappa shape index (κ3) is 7.60. The molecule has 1 heterocycles. The van der Waals surface area contributed by atoms with E-state index in [-0.39, 0.29) is 24.0 Å². The molecule has 3 amide bonds. The van der Waals surface area contributed by atoms with E-state index in [0.29, 0.717) is 36.8 Å². The molecule has 3 N–H and O–H groups in total. The van der Waals surface area contributed by atoms with Crippen molar-refractivity contribution < 1.29 is 32.6 Å². The number of benzene rings is 4. The summed E-state index contributed by atoms with van der Waals surface area (Å²) in [6.07, 6.45) is -4.79. The number of hydrogen-bond acceptors (Lipinski definition) is 5. The van der Waals surface area contributed by atoms with Crippen LogP contribution in [0.25, 0.3) is 10.8 Å². The van der Waals surface area contributed by atoms with Crippen LogP contribution >= 0.6 is 0 Å². The van der Waals surface area contributed by atoms with Crippen LogP contribution in [0.1, 0.15) is 35.3 Å². The molecule has 11 heteroatoms. The van der Waals surface area contributed by atoms with Crippen molar-refractivity contribution in [3.63, 3.8) is 0 Å². The molecule has 0 aromatic heterocycles. The van der Waals surface area contributed by atoms with Gasteiger partial charge in [0.1, 0.15) is 11.9 Å². The summed E-state index contributed by atoms with van der Waals surface area (Å²) in [5, 5.41) is 17.5. The van der Waals surface area contributed by atoms with Crippen LogP contribution < -0.4 is 15.4 Å². The summed E-state index contributed by atoms with van der Waals surface area (Å²) in [6.45, 7) is 4.60. The summed E-state index contributed by atoms with van der Waals surface area (Å²) in [5.41, 5.74) is 1.29. The van der Waals surface area contributed by atoms with Crippen molar-refractivity contribution in [1.29, 1.82) is 0 Å². The summed E-state index contributed by atoms with van der Waals surface area (Å²) in [7, 11) is 1.86. The number of aliphatic hydroxyl groups excluding tert-OH is 1. The van der Waals surface area contributed by atoms with Gasteiger partial charge in [0.15, 0.2) is 0 Å². The van der Waals surface area contributed by atoms with Gasteiger partial charge in [-0.05, 0) is 61.3 Å². The largest absolute Gasteiger partial charge is 0.488 e. The van der Waals surface area contributed by atoms with Crippen molar-refractivity contribution in [3.05, 3.63) is 102 Å². The number of likely N-dealkylation sites (N-methyl/N-ethyl adjacent to an activating group) is 1. The third-order valence-electron chi connectivity index (χ3n) is 8.19. The molecule has 0 spiro atoms. The van der Waals surface area contributed by atoms with E-state index >= 15 is 0 Å². The number of nitrogens with one attached hydrogen (secondary N) is 2. The molecule has 0 saturated carbocycles. The SMILES string of the molecule is C[C@H]1CN([C@@H](C)CO)C(=O)c2cc(NC(=O)Nc3cccc4ccccc34)ccc2O[C@H]1CN(C)Cc1ccc(C(F)(F)F)cc1. The van der Waals surface area contributed by atoms with E-state index in [4.69, 9.17) is 4.74 Å². The van der Waals surface area contributed by atoms with E-state index in [1.54, 1.807) is 30.0 Å². The van der Waals surface area contributed by atoms with Gasteiger partial charge in [-0.1, -0.05) is 55.5 Å². The van der Waals surface area contributed by atoms with Crippen LogP contribution in [0, 0.1) is 5.92 Å². The zero-order valence-corrected chi connectivity index (χ0v) is 25.8. The van der Waals surface area contributed by atoms with Crippen LogP contribution in [-0.4, -0.2) is 65.7 Å². The van der Waals surface area contributed by atoms with E-state index in [9.17, 15) is 27.9 Å². The highest BCUT2D eigenvalue weighted by molar-refractivity contribution is 6.07. The molecule has 4 aromatic rings. The lowest BCUT2D eigenvalue weighted by atomic mass is 9.99. The van der Waals surface area contributed by atoms with Crippen molar-refractivity contribution >= 4 is 34.1 Å². The molecule has 1 aliphatic heterocycles. The summed E-state index contributed by atoms with van der Waals surface area (Å²) in [5.74, 6) is -0.150. The Morgan fingerprint density at radius 3 is 2.48 bits per heavy atom. The lowest BCUT2D eigenvalue weighted by Gasteiger charge is -2.38. The lowest BCUT2D eigenvalue weighted by Crippen LogP contribution is -2.49. The fraction of sp³-hybridized carbons (Fsp3) is 0.314. The maximum atomic E-state index is 13.8. The zero-order chi connectivity index (χ0) is 33.0. The summed E-state index contributed by atoms with van der Waals surface area (Å²) in [4.78, 5) is 30.4. The van der Waals surface area contributed by atoms with Crippen molar-refractivity contribution in [2.45, 2.75) is 38.7 Å². The van der Waals surface area contributed by atoms with E-state index in [1.165, 1.54) is 12.1 Å². The molecule has 46 heavy (non-hydrogen) atoms. The number of nitrogens with zero attached hydrogens (tertiary/aromatic N) is 2. The molecular weight excluding hydrogens is 597 g/mol. The van der Waals surface area contributed by atoms with Gasteiger partial charge in [0, 0.05) is 36.6 Å². The second-order valence-electron chi connectivity index (χ2n) is 11.8. The van der Waals surface area contributed by atoms with Crippen LogP contribution in [0.15, 0.2) is 84.9 Å². The summed E-state index contributed by atoms with van der Waals surface area (Å²) < 4.78 is 45.4. The number of urea groups is 1. The molecule has 0 aliphatic carbocycles. The van der Waals surface area contributed by atoms with E-state index in [2.05, 4.69) is 10.6 Å². The summed E-state index contributed by atoms with van der Waals surface area (Å²) in [6, 6.07) is 22.3. The maximum absolute atomic E-state index is 13.8. The number of hydrogen-bond donors (Lipinski definition) is 3. The quantitative estimate of drug-likeness (QED) is 0.197. The van der Waals surface area contributed by atoms with Gasteiger partial charge in [-0.3, -0.25) is 9.69 Å². The van der Waals surface area contributed by atoms with Crippen molar-refractivity contribution in [2.24, 2.45) is 5.92 Å². The average Bonchev–Trinajstić information content (AvgIpc) is 3.02. The van der Waals surface area contributed by atoms with Crippen LogP contribution in [0.4, 0.5) is 29.3 Å². The number of anilines is 2. The topological polar surface area (TPSA) is 94.1 Å². The molecule has 8 nitrogen and oxygen atoms in total. The molecule has 1 aliphatic rings. The highest BCUT2D eigenvalue weighted by Crippen LogP contribution is 2.32. The molecule has 5 rings (SSSR count). The second kappa shape index (κ2) is 13.8. The van der Waals surface area contributed by atoms with E-state index < -0.39 is 29.9 Å². The van der Waals surface area contributed by atoms with Gasteiger partial charge in [-0.25, -0.2) is 4.79 Å². The highest BCUT2D eigenvalue weighted by atomic mass is 19.4. The first-order valence-corrected chi connectivity index (χ1v) is 15.1. The fourth-order valence-corrected chi connectivity index (χ4v) is 5.62. The minimum absolute atomic E-state index is 0.148. The van der Waals surface area contributed by atoms with Crippen LogP contribution in [-0.2, 0) is 12.7 Å². The Morgan fingerprint density at radius 2 is 1.76 bits per heavy atom. The number of alkyl halides is 3. The maximum Gasteiger partial charge on any atom is 0.416 e. The Bertz CT molecular complexity index is 1690. The molecular formula is C35H37F3N4O4. The fourth-order valence-electron chi connectivity index (χ4n) is 5.62. The molecule has 0 saturated heterocycles. The first-order chi connectivity index (χ1) is 21.9. The molecule has 0 unspecified atom stereocenters. The molecule has 0 fully saturated rings. The van der Waals surface area contributed by atoms with Gasteiger partial charge in [0.25, 0.3) is 5.91 Å². The smallest absolute Gasteiger partial charge is 0.416 e. The second-order valence-corrected chi connectivity index (χ2v) is 11.8. The number of halogens is 3. The number of amides is 3. The van der Waals surface area contributed by atoms with Crippen molar-refractivity contribution in [3.8, 4) is 5.75 Å². The zero-order valence-electron chi connectivity index (χ0n) is 25.8. The van der Waals surface area contributed by atoms with E-state index in [0.717, 1.165) is 28.5 Å². The van der Waals surface area contributed by atoms with Gasteiger partial charge >= 0.3 is 12.2 Å². The van der Waals surface area contributed by atoms with Crippen molar-refractivity contribution in [1.82, 2.24) is 9.80 Å². The standard InChI is InChI=1S/C35H37F3N4O4/c1-22-18-42(23(2)21-43)33(44)29-17-27(39-34(45)40-30-10-6-8-25-7-4-5-9-28(25)30)15-16-31(29)46-32(22)20-41(3)19-24-11-13-26(14-12-24)35(36,37)38/h4-17,22-23,32,43H,18-21H2,1-3H3,(H2,39,40,45)/t22-,23-,32-/m0/s1. The monoisotopic (exact) mass is 634 g/mol. The predicted molar refractivity (Wildman–Crippen MR) is 172 cm³/mol. The Hall–Kier alpha value is -4.61. The van der Waals surface area contributed by atoms with Crippen LogP contribution in [0.2, 0.25) is 0 Å². The number of carbonyl (C=O) groups excluding carboxylic acids is 2. The molecule has 0 radical (unpaired) electrons. The number of carbonyl (C=O) groups is 2. The Kier molecular flexibility index (Phi) is 9.83. The van der Waals surface area contributed by atoms with Gasteiger partial charge in [0.05, 0.1) is 29.5 Å². The number of aliphatic hydroxyl groups is 1. The third-order valence-corrected chi connectivity index (χ3v) is 8.19. The minimum atomic E-state index is -4.40. The Morgan fingerprint density at radius 1 is 1.04 bits per heavy atom. The lowest BCUT2D eigenvalue weighted by molar-refractivity contribution is -0.137. The normalized spacial score (nSPS) is 17.6. The molecule has 3 atom stereocenters. The first-order valence-electron chi connectivity index (χ1n) is 15.1. The minimum Gasteiger partial charge on any atom is -0.488 e. The average molecular weight is 635 g/mol. The van der Waals surface area contributed by atoms with Gasteiger partial charge in [-0.15, -0.1) is 0 Å². The molecule has 242 valence electrons. The number of fused-ring (bicyclic) bond motifs is 2. The van der Waals surface area contributed by atoms with Crippen LogP contribution in [0.3, 0.4) is 0 Å². The van der Waals surface area contributed by atoms with E-state index in [1.807, 2.05) is 61.3 Å². The Balaban J connectivity index is 1.35. The molecule has 4 aromatic carbocycles. The number of ether oxygens (including phenoxy) is 1. The van der Waals surface area contributed by atoms with Gasteiger partial charge in [0.2, 0.25) is 0 Å². The van der Waals surface area contributed by atoms with Gasteiger partial charge < -0.3 is 25.4 Å². The predicted octanol–water partition coefficient (Wildman–Crippen LogP) is 6.85. The van der Waals surface area contributed by atoms with Crippen molar-refractivity contribution in [2.75, 3.05) is 37.4 Å². The first kappa shape index (κ1) is 32.8. The van der Waals surface area contributed by atoms with Crippen LogP contribution in [0.5, 0.6) is 5.75 Å². The van der Waals surface area contributed by atoms with Gasteiger partial charge in [-0.2, -0.15) is 13.2 Å². The molecule has 0 bridgehead atoms. The number of rotatable bonds is 8. The highest BCUT2D eigenvalue weighted by Gasteiger charge is 2.34. The Labute approximate surface area is 265 Å². The summed E-state index contributed by atoms with van der Waals surface area (Å²) >= 11 is 0.